The number of hydrogen-bond donors (Lipinski definition) is 2. The molecule has 2 N–H and O–H groups in total. The molecule has 6 heteroatoms. The Bertz CT molecular complexity index is 592. The molecule has 0 saturated carbocycles. The molecule has 1 aliphatic heterocycles. The molecule has 0 aromatic heterocycles. The fourth-order valence-electron chi connectivity index (χ4n) is 1.54. The van der Waals surface area contributed by atoms with Gasteiger partial charge in [-0.25, -0.2) is 4.79 Å². The Morgan fingerprint density at radius 2 is 2.11 bits per heavy atom. The van der Waals surface area contributed by atoms with E-state index in [2.05, 4.69) is 5.32 Å². The van der Waals surface area contributed by atoms with Gasteiger partial charge in [-0.3, -0.25) is 14.9 Å². The van der Waals surface area contributed by atoms with E-state index in [0.29, 0.717) is 5.56 Å². The van der Waals surface area contributed by atoms with Crippen LogP contribution in [0, 0.1) is 6.92 Å². The van der Waals surface area contributed by atoms with Crippen LogP contribution in [0.4, 0.5) is 4.79 Å². The minimum atomic E-state index is -1.07. The maximum Gasteiger partial charge on any atom is 0.336 e. The Morgan fingerprint density at radius 3 is 2.67 bits per heavy atom. The van der Waals surface area contributed by atoms with Crippen LogP contribution < -0.4 is 5.32 Å². The molecule has 0 radical (unpaired) electrons. The van der Waals surface area contributed by atoms with E-state index in [1.165, 1.54) is 12.1 Å². The first kappa shape index (κ1) is 12.4. The van der Waals surface area contributed by atoms with Crippen LogP contribution in [0.1, 0.15) is 21.5 Å². The Labute approximate surface area is 107 Å². The molecule has 1 aliphatic rings. The average molecular weight is 263 g/mol. The van der Waals surface area contributed by atoms with Crippen molar-refractivity contribution in [2.45, 2.75) is 6.92 Å². The molecule has 2 rings (SSSR count). The molecular weight excluding hydrogens is 254 g/mol. The molecule has 1 aromatic carbocycles. The predicted octanol–water partition coefficient (Wildman–Crippen LogP) is 2.02. The predicted molar refractivity (Wildman–Crippen MR) is 67.2 cm³/mol. The Morgan fingerprint density at radius 1 is 1.39 bits per heavy atom. The summed E-state index contributed by atoms with van der Waals surface area (Å²) in [6.07, 6.45) is 1.41. The Balaban J connectivity index is 2.46. The van der Waals surface area contributed by atoms with Crippen LogP contribution in [0.15, 0.2) is 23.1 Å². The number of aryl methyl sites for hydroxylation is 1. The summed E-state index contributed by atoms with van der Waals surface area (Å²) < 4.78 is 0. The number of benzene rings is 1. The summed E-state index contributed by atoms with van der Waals surface area (Å²) >= 11 is 0.762. The van der Waals surface area contributed by atoms with Crippen molar-refractivity contribution in [3.8, 4) is 0 Å². The van der Waals surface area contributed by atoms with Gasteiger partial charge in [-0.05, 0) is 36.4 Å². The number of thioether (sulfide) groups is 1. The van der Waals surface area contributed by atoms with E-state index in [-0.39, 0.29) is 10.5 Å². The van der Waals surface area contributed by atoms with Crippen molar-refractivity contribution < 1.29 is 19.5 Å². The van der Waals surface area contributed by atoms with Gasteiger partial charge in [0.25, 0.3) is 11.1 Å². The summed E-state index contributed by atoms with van der Waals surface area (Å²) in [7, 11) is 0. The summed E-state index contributed by atoms with van der Waals surface area (Å²) in [5.41, 5.74) is 1.32. The standard InChI is InChI=1S/C12H9NO4S/c1-6-2-3-7(8(4-6)11(15)16)5-9-10(14)13-12(17)18-9/h2-5H,1H3,(H,15,16)(H,13,14,17)/b9-5-. The smallest absolute Gasteiger partial charge is 0.336 e. The SMILES string of the molecule is Cc1ccc(/C=C2\SC(=O)NC2=O)c(C(=O)O)c1. The topological polar surface area (TPSA) is 83.5 Å². The second-order valence-electron chi connectivity index (χ2n) is 3.75. The van der Waals surface area contributed by atoms with Gasteiger partial charge < -0.3 is 5.11 Å². The van der Waals surface area contributed by atoms with E-state index < -0.39 is 17.1 Å². The van der Waals surface area contributed by atoms with Crippen LogP contribution >= 0.6 is 11.8 Å². The van der Waals surface area contributed by atoms with Gasteiger partial charge in [0.2, 0.25) is 0 Å². The number of imide groups is 1. The second-order valence-corrected chi connectivity index (χ2v) is 4.76. The highest BCUT2D eigenvalue weighted by atomic mass is 32.2. The first-order valence-corrected chi connectivity index (χ1v) is 5.88. The van der Waals surface area contributed by atoms with Crippen molar-refractivity contribution in [3.63, 3.8) is 0 Å². The van der Waals surface area contributed by atoms with Crippen LogP contribution in [0.25, 0.3) is 6.08 Å². The summed E-state index contributed by atoms with van der Waals surface area (Å²) in [6, 6.07) is 4.88. The number of nitrogens with one attached hydrogen (secondary N) is 1. The van der Waals surface area contributed by atoms with Crippen molar-refractivity contribution in [2.75, 3.05) is 0 Å². The lowest BCUT2D eigenvalue weighted by Gasteiger charge is -2.03. The number of rotatable bonds is 2. The van der Waals surface area contributed by atoms with Crippen LogP contribution in [-0.4, -0.2) is 22.2 Å². The van der Waals surface area contributed by atoms with E-state index in [9.17, 15) is 14.4 Å². The lowest BCUT2D eigenvalue weighted by atomic mass is 10.0. The molecule has 2 amide bonds. The van der Waals surface area contributed by atoms with Gasteiger partial charge in [-0.15, -0.1) is 0 Å². The number of carboxylic acid groups (broad SMARTS) is 1. The minimum Gasteiger partial charge on any atom is -0.478 e. The summed E-state index contributed by atoms with van der Waals surface area (Å²) in [6.45, 7) is 1.78. The molecule has 0 unspecified atom stereocenters. The quantitative estimate of drug-likeness (QED) is 0.797. The molecule has 1 aromatic rings. The molecule has 0 aliphatic carbocycles. The zero-order valence-corrected chi connectivity index (χ0v) is 10.2. The van der Waals surface area contributed by atoms with Crippen LogP contribution in [0.2, 0.25) is 0 Å². The van der Waals surface area contributed by atoms with Gasteiger partial charge in [0.05, 0.1) is 10.5 Å². The van der Waals surface area contributed by atoms with Crippen molar-refractivity contribution >= 4 is 35.0 Å². The molecule has 1 fully saturated rings. The maximum atomic E-state index is 11.4. The normalized spacial score (nSPS) is 17.1. The van der Waals surface area contributed by atoms with E-state index in [1.54, 1.807) is 19.1 Å². The van der Waals surface area contributed by atoms with Crippen LogP contribution in [0.3, 0.4) is 0 Å². The third-order valence-corrected chi connectivity index (χ3v) is 3.18. The number of aromatic carboxylic acids is 1. The van der Waals surface area contributed by atoms with Gasteiger partial charge in [0, 0.05) is 0 Å². The lowest BCUT2D eigenvalue weighted by molar-refractivity contribution is -0.115. The molecular formula is C12H9NO4S. The van der Waals surface area contributed by atoms with Crippen LogP contribution in [-0.2, 0) is 4.79 Å². The lowest BCUT2D eigenvalue weighted by Crippen LogP contribution is -2.17. The first-order valence-electron chi connectivity index (χ1n) is 5.06. The van der Waals surface area contributed by atoms with E-state index in [0.717, 1.165) is 17.3 Å². The van der Waals surface area contributed by atoms with Gasteiger partial charge in [-0.1, -0.05) is 17.7 Å². The highest BCUT2D eigenvalue weighted by Crippen LogP contribution is 2.26. The fraction of sp³-hybridized carbons (Fsp3) is 0.0833. The molecule has 0 bridgehead atoms. The molecule has 1 saturated heterocycles. The van der Waals surface area contributed by atoms with Gasteiger partial charge in [0.1, 0.15) is 0 Å². The zero-order chi connectivity index (χ0) is 13.3. The third-order valence-electron chi connectivity index (χ3n) is 2.37. The third kappa shape index (κ3) is 2.43. The molecule has 0 spiro atoms. The zero-order valence-electron chi connectivity index (χ0n) is 9.39. The minimum absolute atomic E-state index is 0.107. The highest BCUT2D eigenvalue weighted by molar-refractivity contribution is 8.18. The molecule has 18 heavy (non-hydrogen) atoms. The van der Waals surface area contributed by atoms with Crippen molar-refractivity contribution in [1.82, 2.24) is 5.32 Å². The fourth-order valence-corrected chi connectivity index (χ4v) is 2.22. The van der Waals surface area contributed by atoms with Crippen molar-refractivity contribution in [2.24, 2.45) is 0 Å². The van der Waals surface area contributed by atoms with E-state index in [1.807, 2.05) is 0 Å². The largest absolute Gasteiger partial charge is 0.478 e. The Hall–Kier alpha value is -2.08. The van der Waals surface area contributed by atoms with Gasteiger partial charge in [0.15, 0.2) is 0 Å². The molecule has 5 nitrogen and oxygen atoms in total. The summed E-state index contributed by atoms with van der Waals surface area (Å²) in [5.74, 6) is -1.57. The molecule has 92 valence electrons. The first-order chi connectivity index (χ1) is 8.47. The number of hydrogen-bond acceptors (Lipinski definition) is 4. The monoisotopic (exact) mass is 263 g/mol. The van der Waals surface area contributed by atoms with E-state index in [4.69, 9.17) is 5.11 Å². The second kappa shape index (κ2) is 4.66. The van der Waals surface area contributed by atoms with Crippen molar-refractivity contribution in [1.29, 1.82) is 0 Å². The summed E-state index contributed by atoms with van der Waals surface area (Å²) in [4.78, 5) is 33.7. The summed E-state index contributed by atoms with van der Waals surface area (Å²) in [5, 5.41) is 10.7. The molecule has 1 heterocycles. The van der Waals surface area contributed by atoms with Crippen LogP contribution in [0.5, 0.6) is 0 Å². The number of amides is 2. The van der Waals surface area contributed by atoms with Gasteiger partial charge >= 0.3 is 5.97 Å². The number of carboxylic acids is 1. The van der Waals surface area contributed by atoms with E-state index >= 15 is 0 Å². The number of carbonyl (C=O) groups excluding carboxylic acids is 2. The molecule has 0 atom stereocenters. The Kier molecular flexibility index (Phi) is 3.20. The van der Waals surface area contributed by atoms with Gasteiger partial charge in [-0.2, -0.15) is 0 Å². The van der Waals surface area contributed by atoms with Crippen molar-refractivity contribution in [3.05, 3.63) is 39.8 Å². The highest BCUT2D eigenvalue weighted by Gasteiger charge is 2.25. The number of carbonyl (C=O) groups is 3. The maximum absolute atomic E-state index is 11.4. The average Bonchev–Trinajstić information content (AvgIpc) is 2.60.